The largest absolute Gasteiger partial charge is 0.459 e. The number of aryl methyl sites for hydroxylation is 2. The van der Waals surface area contributed by atoms with Crippen molar-refractivity contribution in [1.29, 1.82) is 0 Å². The average molecular weight is 360 g/mol. The van der Waals surface area contributed by atoms with Crippen molar-refractivity contribution in [3.63, 3.8) is 0 Å². The van der Waals surface area contributed by atoms with Crippen LogP contribution in [0.4, 0.5) is 4.39 Å². The van der Waals surface area contributed by atoms with Crippen LogP contribution in [0.2, 0.25) is 0 Å². The fraction of sp³-hybridized carbons (Fsp3) is 0.333. The molecule has 132 valence electrons. The smallest absolute Gasteiger partial charge is 0.192 e. The minimum atomic E-state index is -0.264. The molecule has 3 rings (SSSR count). The highest BCUT2D eigenvalue weighted by atomic mass is 32.1. The summed E-state index contributed by atoms with van der Waals surface area (Å²) in [6.45, 7) is 7.68. The van der Waals surface area contributed by atoms with Crippen molar-refractivity contribution in [3.8, 4) is 0 Å². The van der Waals surface area contributed by atoms with Crippen molar-refractivity contribution in [2.24, 2.45) is 4.99 Å². The molecule has 0 aliphatic heterocycles. The van der Waals surface area contributed by atoms with E-state index in [1.54, 1.807) is 17.4 Å². The summed E-state index contributed by atoms with van der Waals surface area (Å²) in [6.07, 6.45) is 0. The standard InChI is InChI=1S/C18H21FN4OS/c1-4-20-18(22-9-17-23-11(2)10-25-17)21-8-16-12(3)14-7-13(19)5-6-15(14)24-16/h5-7,10H,4,8-9H2,1-3H3,(H2,20,21,22). The zero-order valence-corrected chi connectivity index (χ0v) is 15.3. The van der Waals surface area contributed by atoms with Crippen LogP contribution in [0.15, 0.2) is 33.0 Å². The molecule has 2 aromatic heterocycles. The molecule has 25 heavy (non-hydrogen) atoms. The summed E-state index contributed by atoms with van der Waals surface area (Å²) in [5.41, 5.74) is 2.62. The second-order valence-electron chi connectivity index (χ2n) is 5.72. The molecule has 5 nitrogen and oxygen atoms in total. The second-order valence-corrected chi connectivity index (χ2v) is 6.66. The zero-order chi connectivity index (χ0) is 17.8. The minimum absolute atomic E-state index is 0.264. The van der Waals surface area contributed by atoms with E-state index in [1.165, 1.54) is 12.1 Å². The first-order valence-corrected chi connectivity index (χ1v) is 9.05. The number of hydrogen-bond acceptors (Lipinski definition) is 4. The SMILES string of the molecule is CCNC(=NCc1oc2ccc(F)cc2c1C)NCc1nc(C)cs1. The summed E-state index contributed by atoms with van der Waals surface area (Å²) in [5.74, 6) is 1.17. The molecule has 1 aromatic carbocycles. The Morgan fingerprint density at radius 2 is 2.16 bits per heavy atom. The van der Waals surface area contributed by atoms with Crippen LogP contribution >= 0.6 is 11.3 Å². The molecule has 0 atom stereocenters. The lowest BCUT2D eigenvalue weighted by Gasteiger charge is -2.09. The molecule has 0 unspecified atom stereocenters. The normalized spacial score (nSPS) is 11.9. The number of benzene rings is 1. The lowest BCUT2D eigenvalue weighted by atomic mass is 10.1. The highest BCUT2D eigenvalue weighted by Gasteiger charge is 2.11. The Bertz CT molecular complexity index is 900. The Labute approximate surface area is 150 Å². The monoisotopic (exact) mass is 360 g/mol. The zero-order valence-electron chi connectivity index (χ0n) is 14.5. The fourth-order valence-corrected chi connectivity index (χ4v) is 3.24. The molecule has 3 aromatic rings. The van der Waals surface area contributed by atoms with E-state index in [0.717, 1.165) is 34.0 Å². The maximum Gasteiger partial charge on any atom is 0.192 e. The first kappa shape index (κ1) is 17.4. The van der Waals surface area contributed by atoms with E-state index in [1.807, 2.05) is 26.2 Å². The predicted molar refractivity (Wildman–Crippen MR) is 99.4 cm³/mol. The molecule has 0 aliphatic carbocycles. The van der Waals surface area contributed by atoms with Gasteiger partial charge in [0.15, 0.2) is 5.96 Å². The number of nitrogens with one attached hydrogen (secondary N) is 2. The first-order valence-electron chi connectivity index (χ1n) is 8.17. The molecule has 0 saturated carbocycles. The summed E-state index contributed by atoms with van der Waals surface area (Å²) in [7, 11) is 0. The Kier molecular flexibility index (Phi) is 5.33. The van der Waals surface area contributed by atoms with Gasteiger partial charge in [0, 0.05) is 28.6 Å². The third-order valence-electron chi connectivity index (χ3n) is 3.80. The van der Waals surface area contributed by atoms with E-state index in [-0.39, 0.29) is 5.82 Å². The van der Waals surface area contributed by atoms with Crippen LogP contribution in [0.5, 0.6) is 0 Å². The first-order chi connectivity index (χ1) is 12.1. The molecule has 0 spiro atoms. The molecule has 2 heterocycles. The molecule has 2 N–H and O–H groups in total. The minimum Gasteiger partial charge on any atom is -0.459 e. The van der Waals surface area contributed by atoms with Gasteiger partial charge in [0.2, 0.25) is 0 Å². The van der Waals surface area contributed by atoms with Crippen LogP contribution in [-0.2, 0) is 13.1 Å². The summed E-state index contributed by atoms with van der Waals surface area (Å²) in [4.78, 5) is 9.00. The average Bonchev–Trinajstić information content (AvgIpc) is 3.14. The van der Waals surface area contributed by atoms with Gasteiger partial charge < -0.3 is 15.1 Å². The van der Waals surface area contributed by atoms with Gasteiger partial charge in [0.05, 0.1) is 6.54 Å². The van der Waals surface area contributed by atoms with E-state index in [4.69, 9.17) is 4.42 Å². The van der Waals surface area contributed by atoms with Crippen LogP contribution in [-0.4, -0.2) is 17.5 Å². The Morgan fingerprint density at radius 1 is 1.32 bits per heavy atom. The molecule has 0 aliphatic rings. The number of fused-ring (bicyclic) bond motifs is 1. The molecular weight excluding hydrogens is 339 g/mol. The maximum absolute atomic E-state index is 13.4. The number of nitrogens with zero attached hydrogens (tertiary/aromatic N) is 2. The third kappa shape index (κ3) is 4.17. The summed E-state index contributed by atoms with van der Waals surface area (Å²) < 4.78 is 19.2. The second kappa shape index (κ2) is 7.65. The van der Waals surface area contributed by atoms with Gasteiger partial charge in [-0.2, -0.15) is 0 Å². The van der Waals surface area contributed by atoms with Crippen LogP contribution in [0.1, 0.15) is 28.9 Å². The number of rotatable bonds is 5. The lowest BCUT2D eigenvalue weighted by Crippen LogP contribution is -2.36. The van der Waals surface area contributed by atoms with Crippen molar-refractivity contribution in [1.82, 2.24) is 15.6 Å². The number of furan rings is 1. The predicted octanol–water partition coefficient (Wildman–Crippen LogP) is 3.90. The number of aromatic nitrogens is 1. The van der Waals surface area contributed by atoms with Crippen LogP contribution < -0.4 is 10.6 Å². The topological polar surface area (TPSA) is 62.5 Å². The third-order valence-corrected chi connectivity index (χ3v) is 4.76. The lowest BCUT2D eigenvalue weighted by molar-refractivity contribution is 0.547. The van der Waals surface area contributed by atoms with Crippen molar-refractivity contribution in [2.75, 3.05) is 6.54 Å². The molecular formula is C18H21FN4OS. The molecule has 0 saturated heterocycles. The van der Waals surface area contributed by atoms with Gasteiger partial charge in [-0.15, -0.1) is 11.3 Å². The van der Waals surface area contributed by atoms with Crippen molar-refractivity contribution in [3.05, 3.63) is 51.4 Å². The number of thiazole rings is 1. The summed E-state index contributed by atoms with van der Waals surface area (Å²) in [6, 6.07) is 4.55. The van der Waals surface area contributed by atoms with Gasteiger partial charge in [0.25, 0.3) is 0 Å². The molecule has 0 fully saturated rings. The fourth-order valence-electron chi connectivity index (χ4n) is 2.53. The Morgan fingerprint density at radius 3 is 2.88 bits per heavy atom. The van der Waals surface area contributed by atoms with Gasteiger partial charge in [-0.1, -0.05) is 0 Å². The van der Waals surface area contributed by atoms with Crippen LogP contribution in [0.25, 0.3) is 11.0 Å². The van der Waals surface area contributed by atoms with E-state index >= 15 is 0 Å². The van der Waals surface area contributed by atoms with Crippen LogP contribution in [0.3, 0.4) is 0 Å². The maximum atomic E-state index is 13.4. The van der Waals surface area contributed by atoms with Gasteiger partial charge in [-0.05, 0) is 39.0 Å². The molecule has 0 bridgehead atoms. The van der Waals surface area contributed by atoms with Gasteiger partial charge in [-0.3, -0.25) is 0 Å². The summed E-state index contributed by atoms with van der Waals surface area (Å²) in [5, 5.41) is 10.3. The number of guanidine groups is 1. The quantitative estimate of drug-likeness (QED) is 0.535. The van der Waals surface area contributed by atoms with Gasteiger partial charge in [-0.25, -0.2) is 14.4 Å². The Hall–Kier alpha value is -2.41. The van der Waals surface area contributed by atoms with E-state index in [0.29, 0.717) is 24.6 Å². The van der Waals surface area contributed by atoms with Crippen LogP contribution in [0, 0.1) is 19.7 Å². The molecule has 0 amide bonds. The highest BCUT2D eigenvalue weighted by Crippen LogP contribution is 2.26. The van der Waals surface area contributed by atoms with E-state index in [9.17, 15) is 4.39 Å². The van der Waals surface area contributed by atoms with E-state index < -0.39 is 0 Å². The highest BCUT2D eigenvalue weighted by molar-refractivity contribution is 7.09. The van der Waals surface area contributed by atoms with Crippen molar-refractivity contribution < 1.29 is 8.81 Å². The van der Waals surface area contributed by atoms with Crippen molar-refractivity contribution in [2.45, 2.75) is 33.9 Å². The number of hydrogen-bond donors (Lipinski definition) is 2. The molecule has 7 heteroatoms. The number of halogens is 1. The van der Waals surface area contributed by atoms with Gasteiger partial charge >= 0.3 is 0 Å². The number of aliphatic imine (C=N–C) groups is 1. The summed E-state index contributed by atoms with van der Waals surface area (Å²) >= 11 is 1.62. The van der Waals surface area contributed by atoms with E-state index in [2.05, 4.69) is 20.6 Å². The van der Waals surface area contributed by atoms with Crippen molar-refractivity contribution >= 4 is 28.3 Å². The van der Waals surface area contributed by atoms with Gasteiger partial charge in [0.1, 0.15) is 28.7 Å². The molecule has 0 radical (unpaired) electrons. The Balaban J connectivity index is 1.73.